The summed E-state index contributed by atoms with van der Waals surface area (Å²) in [5, 5.41) is 2.67. The Kier molecular flexibility index (Phi) is 23.8. The Balaban J connectivity index is 1.68. The fourth-order valence-electron chi connectivity index (χ4n) is 3.94. The Morgan fingerprint density at radius 3 is 1.64 bits per heavy atom. The Morgan fingerprint density at radius 1 is 0.611 bits per heavy atom. The summed E-state index contributed by atoms with van der Waals surface area (Å²) in [6.45, 7) is 6.46. The van der Waals surface area contributed by atoms with Crippen molar-refractivity contribution in [1.82, 2.24) is 5.32 Å². The van der Waals surface area contributed by atoms with E-state index in [0.717, 1.165) is 18.6 Å². The molecule has 0 unspecified atom stereocenters. The van der Waals surface area contributed by atoms with Gasteiger partial charge < -0.3 is 24.3 Å². The number of hydrogen-bond acceptors (Lipinski definition) is 5. The molecule has 1 aromatic carbocycles. The standard InChI is InChI=1S/C30H53NO5/c1-2-3-4-5-6-7-8-9-10-11-12-13-14-18-22-33-24-26-35-27-25-34-23-21-31-30(32)36-28-29-19-16-15-17-20-29/h15-17,19-20H,2-14,18,21-28H2,1H3,(H,31,32). The summed E-state index contributed by atoms with van der Waals surface area (Å²) in [6, 6.07) is 9.60. The van der Waals surface area contributed by atoms with Crippen LogP contribution in [0.2, 0.25) is 0 Å². The van der Waals surface area contributed by atoms with Gasteiger partial charge in [0.15, 0.2) is 0 Å². The van der Waals surface area contributed by atoms with Crippen LogP contribution in [0.1, 0.15) is 102 Å². The topological polar surface area (TPSA) is 66.0 Å². The van der Waals surface area contributed by atoms with E-state index in [-0.39, 0.29) is 6.61 Å². The van der Waals surface area contributed by atoms with Crippen LogP contribution < -0.4 is 5.32 Å². The van der Waals surface area contributed by atoms with Crippen LogP contribution in [0.3, 0.4) is 0 Å². The highest BCUT2D eigenvalue weighted by Gasteiger charge is 2.01. The second-order valence-corrected chi connectivity index (χ2v) is 9.42. The number of unbranched alkanes of at least 4 members (excludes halogenated alkanes) is 13. The van der Waals surface area contributed by atoms with Crippen LogP contribution in [0.15, 0.2) is 30.3 Å². The number of alkyl carbamates (subject to hydrolysis) is 1. The third-order valence-corrected chi connectivity index (χ3v) is 6.11. The molecule has 6 nitrogen and oxygen atoms in total. The van der Waals surface area contributed by atoms with Crippen molar-refractivity contribution in [1.29, 1.82) is 0 Å². The van der Waals surface area contributed by atoms with Gasteiger partial charge in [-0.15, -0.1) is 0 Å². The first-order valence-electron chi connectivity index (χ1n) is 14.5. The molecule has 0 saturated carbocycles. The molecule has 0 aliphatic carbocycles. The highest BCUT2D eigenvalue weighted by atomic mass is 16.6. The van der Waals surface area contributed by atoms with E-state index >= 15 is 0 Å². The summed E-state index contributed by atoms with van der Waals surface area (Å²) in [7, 11) is 0. The Labute approximate surface area is 220 Å². The van der Waals surface area contributed by atoms with Crippen molar-refractivity contribution in [2.45, 2.75) is 103 Å². The second-order valence-electron chi connectivity index (χ2n) is 9.42. The normalized spacial score (nSPS) is 11.0. The van der Waals surface area contributed by atoms with Gasteiger partial charge in [0.05, 0.1) is 33.0 Å². The highest BCUT2D eigenvalue weighted by Crippen LogP contribution is 2.13. The number of benzene rings is 1. The summed E-state index contributed by atoms with van der Waals surface area (Å²) < 4.78 is 21.7. The monoisotopic (exact) mass is 507 g/mol. The molecule has 0 aliphatic rings. The maximum absolute atomic E-state index is 11.6. The molecule has 0 aromatic heterocycles. The minimum absolute atomic E-state index is 0.267. The number of nitrogens with one attached hydrogen (secondary N) is 1. The van der Waals surface area contributed by atoms with Crippen LogP contribution in [-0.2, 0) is 25.6 Å². The fraction of sp³-hybridized carbons (Fsp3) is 0.767. The van der Waals surface area contributed by atoms with Gasteiger partial charge in [-0.2, -0.15) is 0 Å². The van der Waals surface area contributed by atoms with Gasteiger partial charge in [0, 0.05) is 13.2 Å². The molecule has 0 heterocycles. The van der Waals surface area contributed by atoms with Crippen LogP contribution >= 0.6 is 0 Å². The molecule has 0 aliphatic heterocycles. The minimum Gasteiger partial charge on any atom is -0.445 e. The van der Waals surface area contributed by atoms with E-state index in [0.29, 0.717) is 39.6 Å². The molecule has 0 radical (unpaired) electrons. The first-order valence-corrected chi connectivity index (χ1v) is 14.5. The summed E-state index contributed by atoms with van der Waals surface area (Å²) in [6.07, 6.45) is 18.8. The van der Waals surface area contributed by atoms with Crippen molar-refractivity contribution in [3.63, 3.8) is 0 Å². The van der Waals surface area contributed by atoms with E-state index in [4.69, 9.17) is 18.9 Å². The number of ether oxygens (including phenoxy) is 4. The summed E-state index contributed by atoms with van der Waals surface area (Å²) in [5.74, 6) is 0. The average Bonchev–Trinajstić information content (AvgIpc) is 2.90. The van der Waals surface area contributed by atoms with Crippen LogP contribution in [-0.4, -0.2) is 52.3 Å². The van der Waals surface area contributed by atoms with Crippen LogP contribution in [0.25, 0.3) is 0 Å². The lowest BCUT2D eigenvalue weighted by Gasteiger charge is -2.08. The van der Waals surface area contributed by atoms with Crippen molar-refractivity contribution < 1.29 is 23.7 Å². The first kappa shape index (κ1) is 32.4. The minimum atomic E-state index is -0.436. The smallest absolute Gasteiger partial charge is 0.407 e. The van der Waals surface area contributed by atoms with Gasteiger partial charge in [-0.1, -0.05) is 121 Å². The molecule has 1 rings (SSSR count). The van der Waals surface area contributed by atoms with Crippen LogP contribution in [0.5, 0.6) is 0 Å². The molecule has 208 valence electrons. The van der Waals surface area contributed by atoms with E-state index < -0.39 is 6.09 Å². The van der Waals surface area contributed by atoms with Gasteiger partial charge in [-0.25, -0.2) is 4.79 Å². The van der Waals surface area contributed by atoms with Crippen LogP contribution in [0.4, 0.5) is 4.79 Å². The van der Waals surface area contributed by atoms with Gasteiger partial charge in [-0.3, -0.25) is 0 Å². The van der Waals surface area contributed by atoms with Crippen LogP contribution in [0, 0.1) is 0 Å². The molecule has 0 atom stereocenters. The predicted octanol–water partition coefficient (Wildman–Crippen LogP) is 7.44. The Hall–Kier alpha value is -1.63. The molecule has 1 N–H and O–H groups in total. The molecule has 6 heteroatoms. The van der Waals surface area contributed by atoms with Gasteiger partial charge in [0.2, 0.25) is 0 Å². The molecule has 0 bridgehead atoms. The second kappa shape index (κ2) is 26.4. The van der Waals surface area contributed by atoms with Gasteiger partial charge in [0.25, 0.3) is 0 Å². The SMILES string of the molecule is CCCCCCCCCCCCCCCCOCCOCCOCCNC(=O)OCc1ccccc1. The van der Waals surface area contributed by atoms with E-state index in [1.807, 2.05) is 30.3 Å². The van der Waals surface area contributed by atoms with Crippen molar-refractivity contribution in [2.75, 3.05) is 46.2 Å². The van der Waals surface area contributed by atoms with Crippen molar-refractivity contribution >= 4 is 6.09 Å². The van der Waals surface area contributed by atoms with Gasteiger partial charge in [-0.05, 0) is 12.0 Å². The Morgan fingerprint density at radius 2 is 1.08 bits per heavy atom. The largest absolute Gasteiger partial charge is 0.445 e. The number of carbonyl (C=O) groups is 1. The highest BCUT2D eigenvalue weighted by molar-refractivity contribution is 5.67. The summed E-state index contributed by atoms with van der Waals surface area (Å²) in [5.41, 5.74) is 0.963. The quantitative estimate of drug-likeness (QED) is 0.132. The van der Waals surface area contributed by atoms with Crippen molar-refractivity contribution in [3.8, 4) is 0 Å². The first-order chi connectivity index (χ1) is 17.8. The molecule has 36 heavy (non-hydrogen) atoms. The maximum atomic E-state index is 11.6. The summed E-state index contributed by atoms with van der Waals surface area (Å²) in [4.78, 5) is 11.6. The van der Waals surface area contributed by atoms with Crippen molar-refractivity contribution in [3.05, 3.63) is 35.9 Å². The average molecular weight is 508 g/mol. The lowest BCUT2D eigenvalue weighted by atomic mass is 10.0. The zero-order chi connectivity index (χ0) is 25.8. The third-order valence-electron chi connectivity index (χ3n) is 6.11. The third kappa shape index (κ3) is 22.8. The molecule has 1 amide bonds. The molecule has 0 fully saturated rings. The van der Waals surface area contributed by atoms with E-state index in [1.165, 1.54) is 83.5 Å². The number of rotatable bonds is 26. The maximum Gasteiger partial charge on any atom is 0.407 e. The Bertz CT molecular complexity index is 584. The van der Waals surface area contributed by atoms with Gasteiger partial charge >= 0.3 is 6.09 Å². The van der Waals surface area contributed by atoms with E-state index in [2.05, 4.69) is 12.2 Å². The lowest BCUT2D eigenvalue weighted by Crippen LogP contribution is -2.28. The van der Waals surface area contributed by atoms with Crippen molar-refractivity contribution in [2.24, 2.45) is 0 Å². The molecule has 0 saturated heterocycles. The lowest BCUT2D eigenvalue weighted by molar-refractivity contribution is 0.0143. The zero-order valence-corrected chi connectivity index (χ0v) is 23.0. The fourth-order valence-corrected chi connectivity index (χ4v) is 3.94. The van der Waals surface area contributed by atoms with E-state index in [9.17, 15) is 4.79 Å². The zero-order valence-electron chi connectivity index (χ0n) is 23.0. The summed E-state index contributed by atoms with van der Waals surface area (Å²) >= 11 is 0. The molecule has 0 spiro atoms. The number of amides is 1. The molecular weight excluding hydrogens is 454 g/mol. The van der Waals surface area contributed by atoms with E-state index in [1.54, 1.807) is 0 Å². The van der Waals surface area contributed by atoms with Gasteiger partial charge in [0.1, 0.15) is 6.61 Å². The molecule has 1 aromatic rings. The number of carbonyl (C=O) groups excluding carboxylic acids is 1. The number of hydrogen-bond donors (Lipinski definition) is 1. The predicted molar refractivity (Wildman–Crippen MR) is 147 cm³/mol. The molecular formula is C30H53NO5.